The van der Waals surface area contributed by atoms with Gasteiger partial charge < -0.3 is 9.30 Å². The second kappa shape index (κ2) is 9.07. The highest BCUT2D eigenvalue weighted by atomic mass is 16.5. The van der Waals surface area contributed by atoms with Crippen molar-refractivity contribution in [2.24, 2.45) is 0 Å². The number of esters is 1. The third-order valence-corrected chi connectivity index (χ3v) is 6.14. The van der Waals surface area contributed by atoms with E-state index < -0.39 is 5.97 Å². The number of nitrogens with zero attached hydrogens (tertiary/aromatic N) is 5. The maximum absolute atomic E-state index is 12.3. The lowest BCUT2D eigenvalue weighted by molar-refractivity contribution is 0.0600. The molecule has 0 aliphatic carbocycles. The molecule has 3 heterocycles. The van der Waals surface area contributed by atoms with Gasteiger partial charge >= 0.3 is 5.97 Å². The molecule has 0 fully saturated rings. The van der Waals surface area contributed by atoms with Gasteiger partial charge in [-0.2, -0.15) is 5.10 Å². The normalized spacial score (nSPS) is 11.1. The molecule has 0 aliphatic heterocycles. The molecule has 0 aliphatic rings. The summed E-state index contributed by atoms with van der Waals surface area (Å²) in [6, 6.07) is 15.2. The minimum absolute atomic E-state index is 0.398. The maximum Gasteiger partial charge on any atom is 0.340 e. The average Bonchev–Trinajstić information content (AvgIpc) is 3.42. The van der Waals surface area contributed by atoms with Crippen LogP contribution in [0.2, 0.25) is 0 Å². The van der Waals surface area contributed by atoms with Gasteiger partial charge in [-0.25, -0.2) is 19.4 Å². The summed E-state index contributed by atoms with van der Waals surface area (Å²) in [6.45, 7) is 4.82. The van der Waals surface area contributed by atoms with Crippen LogP contribution in [-0.2, 0) is 17.7 Å². The molecule has 2 aromatic carbocycles. The summed E-state index contributed by atoms with van der Waals surface area (Å²) in [7, 11) is 1.36. The van der Waals surface area contributed by atoms with Crippen molar-refractivity contribution in [1.29, 1.82) is 0 Å². The van der Waals surface area contributed by atoms with Gasteiger partial charge in [0.1, 0.15) is 17.0 Å². The van der Waals surface area contributed by atoms with E-state index in [0.717, 1.165) is 51.9 Å². The van der Waals surface area contributed by atoms with Crippen LogP contribution in [0.3, 0.4) is 0 Å². The van der Waals surface area contributed by atoms with E-state index in [1.165, 1.54) is 7.11 Å². The molecule has 0 N–H and O–H groups in total. The first kappa shape index (κ1) is 22.4. The van der Waals surface area contributed by atoms with Crippen molar-refractivity contribution in [3.8, 4) is 18.0 Å². The van der Waals surface area contributed by atoms with Crippen LogP contribution in [0.5, 0.6) is 0 Å². The second-order valence-corrected chi connectivity index (χ2v) is 8.43. The SMILES string of the molecule is C#Cc1c2cc(Cn3c(CCC)nc4c(C)ccnc43)ccc2nn1-c1ccccc1C(=O)OC. The zero-order valence-electron chi connectivity index (χ0n) is 19.9. The third-order valence-electron chi connectivity index (χ3n) is 6.14. The number of para-hydroxylation sites is 1. The van der Waals surface area contributed by atoms with Gasteiger partial charge in [0, 0.05) is 18.0 Å². The van der Waals surface area contributed by atoms with Crippen molar-refractivity contribution in [1.82, 2.24) is 24.3 Å². The van der Waals surface area contributed by atoms with E-state index in [1.807, 2.05) is 36.5 Å². The van der Waals surface area contributed by atoms with Crippen LogP contribution in [0.25, 0.3) is 27.8 Å². The van der Waals surface area contributed by atoms with E-state index in [2.05, 4.69) is 35.4 Å². The van der Waals surface area contributed by atoms with Crippen molar-refractivity contribution in [3.05, 3.63) is 82.9 Å². The molecule has 0 radical (unpaired) electrons. The Hall–Kier alpha value is -4.44. The summed E-state index contributed by atoms with van der Waals surface area (Å²) in [6.07, 6.45) is 9.64. The molecular weight excluding hydrogens is 438 g/mol. The molecule has 174 valence electrons. The molecule has 7 heteroatoms. The lowest BCUT2D eigenvalue weighted by Gasteiger charge is -2.09. The van der Waals surface area contributed by atoms with Crippen molar-refractivity contribution in [2.45, 2.75) is 33.2 Å². The third kappa shape index (κ3) is 3.83. The quantitative estimate of drug-likeness (QED) is 0.266. The number of hydrogen-bond donors (Lipinski definition) is 0. The molecule has 35 heavy (non-hydrogen) atoms. The standard InChI is InChI=1S/C28H25N5O2/c1-5-9-25-30-26-18(3)14-15-29-27(26)32(25)17-19-12-13-22-21(16-19)23(6-2)33(31-22)24-11-8-7-10-20(24)28(34)35-4/h2,7-8,10-16H,5,9,17H2,1,3-4H3. The van der Waals surface area contributed by atoms with Crippen LogP contribution < -0.4 is 0 Å². The molecule has 0 saturated heterocycles. The number of methoxy groups -OCH3 is 1. The molecule has 0 amide bonds. The minimum Gasteiger partial charge on any atom is -0.465 e. The second-order valence-electron chi connectivity index (χ2n) is 8.43. The Morgan fingerprint density at radius 2 is 2.00 bits per heavy atom. The topological polar surface area (TPSA) is 74.8 Å². The first-order chi connectivity index (χ1) is 17.0. The summed E-state index contributed by atoms with van der Waals surface area (Å²) in [4.78, 5) is 21.8. The average molecular weight is 464 g/mol. The number of ether oxygens (including phenoxy) is 1. The molecule has 3 aromatic heterocycles. The zero-order valence-corrected chi connectivity index (χ0v) is 19.9. The fourth-order valence-corrected chi connectivity index (χ4v) is 4.43. The monoisotopic (exact) mass is 463 g/mol. The number of hydrogen-bond acceptors (Lipinski definition) is 5. The van der Waals surface area contributed by atoms with Crippen molar-refractivity contribution >= 4 is 28.0 Å². The minimum atomic E-state index is -0.443. The van der Waals surface area contributed by atoms with Gasteiger partial charge in [-0.15, -0.1) is 6.42 Å². The fraction of sp³-hybridized carbons (Fsp3) is 0.214. The van der Waals surface area contributed by atoms with Gasteiger partial charge in [0.05, 0.1) is 30.4 Å². The highest BCUT2D eigenvalue weighted by Crippen LogP contribution is 2.26. The van der Waals surface area contributed by atoms with Gasteiger partial charge in [0.2, 0.25) is 0 Å². The van der Waals surface area contributed by atoms with E-state index in [4.69, 9.17) is 21.2 Å². The summed E-state index contributed by atoms with van der Waals surface area (Å²) in [5.41, 5.74) is 6.31. The van der Waals surface area contributed by atoms with E-state index >= 15 is 0 Å². The number of fused-ring (bicyclic) bond motifs is 2. The largest absolute Gasteiger partial charge is 0.465 e. The number of aromatic nitrogens is 5. The fourth-order valence-electron chi connectivity index (χ4n) is 4.43. The number of pyridine rings is 1. The zero-order chi connectivity index (χ0) is 24.5. The number of imidazole rings is 1. The van der Waals surface area contributed by atoms with Crippen molar-refractivity contribution in [2.75, 3.05) is 7.11 Å². The molecule has 0 spiro atoms. The molecule has 5 aromatic rings. The van der Waals surface area contributed by atoms with Crippen LogP contribution in [0.1, 0.15) is 46.3 Å². The highest BCUT2D eigenvalue weighted by molar-refractivity contribution is 5.94. The van der Waals surface area contributed by atoms with Crippen LogP contribution >= 0.6 is 0 Å². The number of benzene rings is 2. The molecular formula is C28H25N5O2. The highest BCUT2D eigenvalue weighted by Gasteiger charge is 2.19. The molecule has 5 rings (SSSR count). The number of carbonyl (C=O) groups is 1. The summed E-state index contributed by atoms with van der Waals surface area (Å²) in [5.74, 6) is 3.35. The molecule has 0 atom stereocenters. The Balaban J connectivity index is 1.63. The Morgan fingerprint density at radius 1 is 1.17 bits per heavy atom. The van der Waals surface area contributed by atoms with Crippen molar-refractivity contribution < 1.29 is 9.53 Å². The van der Waals surface area contributed by atoms with Crippen LogP contribution in [0, 0.1) is 19.3 Å². The number of terminal acetylenes is 1. The lowest BCUT2D eigenvalue weighted by Crippen LogP contribution is -2.09. The van der Waals surface area contributed by atoms with E-state index in [-0.39, 0.29) is 0 Å². The van der Waals surface area contributed by atoms with Crippen LogP contribution in [0.4, 0.5) is 0 Å². The van der Waals surface area contributed by atoms with Crippen LogP contribution in [0.15, 0.2) is 54.7 Å². The van der Waals surface area contributed by atoms with Gasteiger partial charge in [0.25, 0.3) is 0 Å². The summed E-state index contributed by atoms with van der Waals surface area (Å²) >= 11 is 0. The number of aryl methyl sites for hydroxylation is 2. The van der Waals surface area contributed by atoms with E-state index in [9.17, 15) is 4.79 Å². The Morgan fingerprint density at radius 3 is 2.77 bits per heavy atom. The predicted octanol–water partition coefficient (Wildman–Crippen LogP) is 4.85. The molecule has 0 unspecified atom stereocenters. The summed E-state index contributed by atoms with van der Waals surface area (Å²) < 4.78 is 8.77. The van der Waals surface area contributed by atoms with Gasteiger partial charge in [-0.1, -0.05) is 25.1 Å². The number of carbonyl (C=O) groups excluding carboxylic acids is 1. The van der Waals surface area contributed by atoms with Gasteiger partial charge in [-0.3, -0.25) is 0 Å². The number of rotatable bonds is 6. The molecule has 0 bridgehead atoms. The first-order valence-corrected chi connectivity index (χ1v) is 11.5. The Bertz CT molecular complexity index is 1620. The van der Waals surface area contributed by atoms with E-state index in [0.29, 0.717) is 23.5 Å². The molecule has 0 saturated carbocycles. The lowest BCUT2D eigenvalue weighted by atomic mass is 10.1. The van der Waals surface area contributed by atoms with Gasteiger partial charge in [0.15, 0.2) is 5.65 Å². The predicted molar refractivity (Wildman–Crippen MR) is 136 cm³/mol. The van der Waals surface area contributed by atoms with E-state index in [1.54, 1.807) is 16.8 Å². The smallest absolute Gasteiger partial charge is 0.340 e. The maximum atomic E-state index is 12.3. The molecule has 7 nitrogen and oxygen atoms in total. The van der Waals surface area contributed by atoms with Gasteiger partial charge in [-0.05, 0) is 60.7 Å². The van der Waals surface area contributed by atoms with Crippen LogP contribution in [-0.4, -0.2) is 37.4 Å². The Kier molecular flexibility index (Phi) is 5.79. The summed E-state index contributed by atoms with van der Waals surface area (Å²) in [5, 5.41) is 5.56. The first-order valence-electron chi connectivity index (χ1n) is 11.5. The Labute approximate surface area is 203 Å². The van der Waals surface area contributed by atoms with Crippen molar-refractivity contribution in [3.63, 3.8) is 0 Å².